The van der Waals surface area contributed by atoms with Gasteiger partial charge in [-0.3, -0.25) is 0 Å². The van der Waals surface area contributed by atoms with Crippen LogP contribution in [0.25, 0.3) is 22.0 Å². The third kappa shape index (κ3) is 5.45. The number of benzene rings is 4. The van der Waals surface area contributed by atoms with Crippen LogP contribution in [0.4, 0.5) is 0 Å². The molecule has 198 valence electrons. The molecule has 1 heterocycles. The van der Waals surface area contributed by atoms with Crippen LogP contribution in [0.3, 0.4) is 0 Å². The van der Waals surface area contributed by atoms with E-state index < -0.39 is 21.8 Å². The Bertz CT molecular complexity index is 1570. The van der Waals surface area contributed by atoms with Gasteiger partial charge in [0, 0.05) is 0 Å². The molecule has 0 aliphatic rings. The Morgan fingerprint density at radius 3 is 1.72 bits per heavy atom. The molecular weight excluding hydrogens is 675 g/mol. The van der Waals surface area contributed by atoms with E-state index in [1.165, 1.54) is 43.0 Å². The fourth-order valence-electron chi connectivity index (χ4n) is 5.28. The Hall–Kier alpha value is -3.23. The summed E-state index contributed by atoms with van der Waals surface area (Å²) in [7, 11) is 5.61. The molecule has 4 aromatic carbocycles. The van der Waals surface area contributed by atoms with Gasteiger partial charge >= 0.3 is 242 Å². The normalized spacial score (nSPS) is 11.7. The molecule has 3 nitrogen and oxygen atoms in total. The van der Waals surface area contributed by atoms with E-state index in [9.17, 15) is 0 Å². The van der Waals surface area contributed by atoms with Crippen molar-refractivity contribution in [2.75, 3.05) is 14.2 Å². The van der Waals surface area contributed by atoms with Crippen LogP contribution in [0.15, 0.2) is 97.2 Å². The molecule has 0 saturated heterocycles. The summed E-state index contributed by atoms with van der Waals surface area (Å²) < 4.78 is 17.5. The number of hydrogen-bond acceptors (Lipinski definition) is 2. The van der Waals surface area contributed by atoms with Crippen LogP contribution in [0.2, 0.25) is 0 Å². The van der Waals surface area contributed by atoms with Crippen molar-refractivity contribution in [2.45, 2.75) is 33.1 Å². The standard InChI is InChI=1S/C21H23N.2C7H7O.Bi/c1-15-16-10-6-7-11-17(16)19(21(2,3)4)14-18(15)20-12-8-9-13-22(20)5;2*1-8-7-5-3-2-4-6-7;/h6-7,9-14H,1-5H3;2*3-6H,1H3;/q+1;;;. The van der Waals surface area contributed by atoms with Gasteiger partial charge in [0.15, 0.2) is 0 Å². The zero-order chi connectivity index (χ0) is 27.7. The summed E-state index contributed by atoms with van der Waals surface area (Å²) in [6.45, 7) is 9.20. The fraction of sp³-hybridized carbons (Fsp3) is 0.229. The molecule has 5 aromatic rings. The molecule has 0 aliphatic carbocycles. The second kappa shape index (κ2) is 11.1. The van der Waals surface area contributed by atoms with Crippen molar-refractivity contribution in [1.29, 1.82) is 0 Å². The van der Waals surface area contributed by atoms with Crippen molar-refractivity contribution in [3.05, 3.63) is 108 Å². The molecule has 0 N–H and O–H groups in total. The first kappa shape index (κ1) is 27.3. The molecule has 5 rings (SSSR count). The second-order valence-electron chi connectivity index (χ2n) is 11.0. The van der Waals surface area contributed by atoms with Gasteiger partial charge in [-0.05, 0) is 0 Å². The molecule has 0 saturated carbocycles. The molecule has 0 atom stereocenters. The Kier molecular flexibility index (Phi) is 7.78. The molecule has 0 aliphatic heterocycles. The van der Waals surface area contributed by atoms with Crippen molar-refractivity contribution in [2.24, 2.45) is 7.05 Å². The number of ether oxygens (including phenoxy) is 2. The van der Waals surface area contributed by atoms with E-state index >= 15 is 0 Å². The van der Waals surface area contributed by atoms with Gasteiger partial charge in [0.1, 0.15) is 0 Å². The molecule has 0 amide bonds. The van der Waals surface area contributed by atoms with E-state index in [2.05, 4.69) is 137 Å². The topological polar surface area (TPSA) is 22.3 Å². The van der Waals surface area contributed by atoms with E-state index in [0.29, 0.717) is 0 Å². The van der Waals surface area contributed by atoms with Crippen LogP contribution >= 0.6 is 0 Å². The van der Waals surface area contributed by atoms with E-state index in [4.69, 9.17) is 9.47 Å². The minimum absolute atomic E-state index is 0.0335. The maximum absolute atomic E-state index is 5.47. The Balaban J connectivity index is 1.73. The number of aromatic nitrogens is 1. The van der Waals surface area contributed by atoms with Crippen LogP contribution in [0, 0.1) is 6.92 Å². The van der Waals surface area contributed by atoms with E-state index in [-0.39, 0.29) is 5.41 Å². The quantitative estimate of drug-likeness (QED) is 0.172. The third-order valence-electron chi connectivity index (χ3n) is 7.45. The summed E-state index contributed by atoms with van der Waals surface area (Å²) in [5.74, 6) is 1.78. The summed E-state index contributed by atoms with van der Waals surface area (Å²) in [6, 6.07) is 33.4. The van der Waals surface area contributed by atoms with E-state index in [1.807, 2.05) is 0 Å². The Labute approximate surface area is 240 Å². The number of hydrogen-bond donors (Lipinski definition) is 0. The average Bonchev–Trinajstić information content (AvgIpc) is 2.94. The number of aryl methyl sites for hydroxylation is 2. The van der Waals surface area contributed by atoms with Crippen LogP contribution in [0.5, 0.6) is 11.5 Å². The third-order valence-corrected chi connectivity index (χ3v) is 16.9. The summed E-state index contributed by atoms with van der Waals surface area (Å²) >= 11 is -2.64. The van der Waals surface area contributed by atoms with Gasteiger partial charge in [0.05, 0.1) is 0 Å². The fourth-order valence-corrected chi connectivity index (χ4v) is 14.1. The first-order chi connectivity index (χ1) is 18.7. The van der Waals surface area contributed by atoms with Crippen molar-refractivity contribution < 1.29 is 14.0 Å². The molecule has 0 radical (unpaired) electrons. The first-order valence-corrected chi connectivity index (χ1v) is 18.5. The van der Waals surface area contributed by atoms with Crippen LogP contribution in [-0.2, 0) is 12.5 Å². The minimum atomic E-state index is -2.64. The van der Waals surface area contributed by atoms with Crippen molar-refractivity contribution in [3.63, 3.8) is 0 Å². The number of rotatable bonds is 6. The monoisotopic (exact) mass is 712 g/mol. The van der Waals surface area contributed by atoms with Gasteiger partial charge in [-0.2, -0.15) is 0 Å². The average molecular weight is 713 g/mol. The molecule has 4 heteroatoms. The predicted octanol–water partition coefficient (Wildman–Crippen LogP) is 5.47. The van der Waals surface area contributed by atoms with E-state index in [0.717, 1.165) is 11.5 Å². The zero-order valence-corrected chi connectivity index (χ0v) is 27.4. The van der Waals surface area contributed by atoms with Gasteiger partial charge in [-0.1, -0.05) is 0 Å². The number of pyridine rings is 1. The maximum atomic E-state index is 5.47. The van der Waals surface area contributed by atoms with Gasteiger partial charge < -0.3 is 0 Å². The molecule has 1 aromatic heterocycles. The summed E-state index contributed by atoms with van der Waals surface area (Å²) in [5, 5.41) is 2.67. The van der Waals surface area contributed by atoms with Crippen molar-refractivity contribution in [3.8, 4) is 22.8 Å². The summed E-state index contributed by atoms with van der Waals surface area (Å²) in [4.78, 5) is 0. The summed E-state index contributed by atoms with van der Waals surface area (Å²) in [6.07, 6.45) is 2.24. The van der Waals surface area contributed by atoms with E-state index in [1.54, 1.807) is 14.2 Å². The number of fused-ring (bicyclic) bond motifs is 1. The molecule has 0 bridgehead atoms. The second-order valence-corrected chi connectivity index (χ2v) is 19.6. The predicted molar refractivity (Wildman–Crippen MR) is 165 cm³/mol. The Morgan fingerprint density at radius 2 is 1.21 bits per heavy atom. The molecule has 0 spiro atoms. The molecule has 0 fully saturated rings. The van der Waals surface area contributed by atoms with Crippen LogP contribution < -0.4 is 23.9 Å². The van der Waals surface area contributed by atoms with Gasteiger partial charge in [-0.15, -0.1) is 0 Å². The van der Waals surface area contributed by atoms with Gasteiger partial charge in [0.25, 0.3) is 0 Å². The first-order valence-electron chi connectivity index (χ1n) is 13.3. The van der Waals surface area contributed by atoms with Gasteiger partial charge in [-0.25, -0.2) is 0 Å². The van der Waals surface area contributed by atoms with Crippen molar-refractivity contribution >= 4 is 42.3 Å². The van der Waals surface area contributed by atoms with Gasteiger partial charge in [0.2, 0.25) is 0 Å². The molecular formula is C35H37BiNO2+. The van der Waals surface area contributed by atoms with Crippen LogP contribution in [-0.4, -0.2) is 36.0 Å². The van der Waals surface area contributed by atoms with Crippen molar-refractivity contribution in [1.82, 2.24) is 0 Å². The van der Waals surface area contributed by atoms with Crippen LogP contribution in [0.1, 0.15) is 31.9 Å². The SMILES string of the molecule is COc1cc[c]([Bi]([c]2ccc(OC)cc2)[c]2cc[n+](C)c(-c3cc(C(C)(C)C)c4ccccc4c3C)c2)cc1. The zero-order valence-electron chi connectivity index (χ0n) is 23.9. The molecule has 39 heavy (non-hydrogen) atoms. The number of nitrogens with zero attached hydrogens (tertiary/aromatic N) is 1. The summed E-state index contributed by atoms with van der Waals surface area (Å²) in [5.41, 5.74) is 5.30. The molecule has 0 unspecified atom stereocenters. The number of methoxy groups -OCH3 is 2. The Morgan fingerprint density at radius 1 is 0.667 bits per heavy atom.